The molecule has 1 aliphatic carbocycles. The van der Waals surface area contributed by atoms with Crippen molar-refractivity contribution in [2.75, 3.05) is 10.0 Å². The molecular formula is C30H27ClN6O3S2. The molecular weight excluding hydrogens is 592 g/mol. The largest absolute Gasteiger partial charge is 0.325 e. The van der Waals surface area contributed by atoms with Gasteiger partial charge in [-0.2, -0.15) is 5.26 Å². The molecule has 0 aliphatic heterocycles. The molecule has 12 heteroatoms. The molecule has 2 aromatic carbocycles. The number of nitriles is 1. The maximum absolute atomic E-state index is 13.2. The van der Waals surface area contributed by atoms with E-state index in [1.54, 1.807) is 0 Å². The van der Waals surface area contributed by atoms with Crippen LogP contribution in [0, 0.1) is 11.3 Å². The van der Waals surface area contributed by atoms with Gasteiger partial charge >= 0.3 is 0 Å². The smallest absolute Gasteiger partial charge is 0.263 e. The molecule has 5 rings (SSSR count). The molecule has 2 N–H and O–H groups in total. The standard InChI is InChI=1S/C30H27ClN6O3S2/c1-2-26(29(38)33-23-9-11-24(12-10-23)42(39,40)37-28-15-14-27(31)35-36-28)41-30-22(18-32)17-21-16-20(8-13-25(21)34-30)19-6-4-3-5-7-19/h3-7,9-12,14-15,17,20,26H,2,8,13,16H2,1H3,(H,33,38)(H,36,37). The number of sulfonamides is 1. The van der Waals surface area contributed by atoms with E-state index in [2.05, 4.69) is 38.4 Å². The summed E-state index contributed by atoms with van der Waals surface area (Å²) < 4.78 is 27.7. The van der Waals surface area contributed by atoms with Gasteiger partial charge in [0.15, 0.2) is 11.0 Å². The quantitative estimate of drug-likeness (QED) is 0.219. The van der Waals surface area contributed by atoms with Crippen LogP contribution in [0.1, 0.15) is 48.1 Å². The van der Waals surface area contributed by atoms with Gasteiger partial charge < -0.3 is 5.32 Å². The van der Waals surface area contributed by atoms with Crippen LogP contribution in [0.5, 0.6) is 0 Å². The van der Waals surface area contributed by atoms with Gasteiger partial charge in [0, 0.05) is 11.4 Å². The van der Waals surface area contributed by atoms with Crippen LogP contribution in [0.15, 0.2) is 82.7 Å². The first-order valence-corrected chi connectivity index (χ1v) is 16.1. The average Bonchev–Trinajstić information content (AvgIpc) is 3.00. The van der Waals surface area contributed by atoms with Gasteiger partial charge in [0.25, 0.3) is 10.0 Å². The molecule has 0 fully saturated rings. The van der Waals surface area contributed by atoms with E-state index < -0.39 is 15.3 Å². The summed E-state index contributed by atoms with van der Waals surface area (Å²) in [4.78, 5) is 18.0. The van der Waals surface area contributed by atoms with Crippen molar-refractivity contribution in [2.24, 2.45) is 0 Å². The van der Waals surface area contributed by atoms with E-state index in [9.17, 15) is 18.5 Å². The van der Waals surface area contributed by atoms with E-state index in [1.807, 2.05) is 31.2 Å². The van der Waals surface area contributed by atoms with E-state index in [4.69, 9.17) is 16.6 Å². The van der Waals surface area contributed by atoms with Crippen LogP contribution in [-0.2, 0) is 27.7 Å². The number of anilines is 2. The van der Waals surface area contributed by atoms with E-state index >= 15 is 0 Å². The molecule has 2 unspecified atom stereocenters. The lowest BCUT2D eigenvalue weighted by molar-refractivity contribution is -0.115. The number of rotatable bonds is 9. The van der Waals surface area contributed by atoms with E-state index in [1.165, 1.54) is 53.7 Å². The van der Waals surface area contributed by atoms with Gasteiger partial charge in [-0.15, -0.1) is 10.2 Å². The zero-order valence-electron chi connectivity index (χ0n) is 22.6. The average molecular weight is 619 g/mol. The highest BCUT2D eigenvalue weighted by Gasteiger charge is 2.26. The highest BCUT2D eigenvalue weighted by atomic mass is 35.5. The van der Waals surface area contributed by atoms with Crippen LogP contribution in [0.3, 0.4) is 0 Å². The number of aromatic nitrogens is 3. The molecule has 0 bridgehead atoms. The highest BCUT2D eigenvalue weighted by Crippen LogP contribution is 2.36. The fourth-order valence-corrected chi connectivity index (χ4v) is 6.88. The Balaban J connectivity index is 1.25. The number of nitrogens with zero attached hydrogens (tertiary/aromatic N) is 4. The Bertz CT molecular complexity index is 1730. The lowest BCUT2D eigenvalue weighted by atomic mass is 9.82. The molecule has 2 heterocycles. The molecule has 9 nitrogen and oxygen atoms in total. The van der Waals surface area contributed by atoms with E-state index in [0.29, 0.717) is 28.6 Å². The third kappa shape index (κ3) is 6.90. The predicted octanol–water partition coefficient (Wildman–Crippen LogP) is 5.98. The van der Waals surface area contributed by atoms with Crippen molar-refractivity contribution in [1.82, 2.24) is 15.2 Å². The number of carbonyl (C=O) groups is 1. The minimum Gasteiger partial charge on any atom is -0.325 e. The van der Waals surface area contributed by atoms with Crippen LogP contribution in [0.2, 0.25) is 5.15 Å². The molecule has 2 aromatic heterocycles. The first-order chi connectivity index (χ1) is 20.3. The molecule has 0 spiro atoms. The summed E-state index contributed by atoms with van der Waals surface area (Å²) in [6.07, 6.45) is 3.13. The Morgan fingerprint density at radius 3 is 2.55 bits per heavy atom. The fraction of sp³-hybridized carbons (Fsp3) is 0.233. The number of thioether (sulfide) groups is 1. The van der Waals surface area contributed by atoms with Crippen LogP contribution in [-0.4, -0.2) is 34.8 Å². The van der Waals surface area contributed by atoms with Crippen molar-refractivity contribution in [3.63, 3.8) is 0 Å². The first-order valence-electron chi connectivity index (χ1n) is 13.3. The van der Waals surface area contributed by atoms with Crippen LogP contribution in [0.25, 0.3) is 0 Å². The summed E-state index contributed by atoms with van der Waals surface area (Å²) in [6.45, 7) is 1.90. The highest BCUT2D eigenvalue weighted by molar-refractivity contribution is 8.00. The number of nitrogens with one attached hydrogen (secondary N) is 2. The maximum atomic E-state index is 13.2. The number of aryl methyl sites for hydroxylation is 1. The number of hydrogen-bond donors (Lipinski definition) is 2. The third-order valence-corrected chi connectivity index (χ3v) is 9.90. The van der Waals surface area contributed by atoms with Gasteiger partial charge in [0.05, 0.1) is 15.7 Å². The second kappa shape index (κ2) is 12.9. The summed E-state index contributed by atoms with van der Waals surface area (Å²) >= 11 is 6.97. The number of pyridine rings is 1. The van der Waals surface area contributed by atoms with Crippen LogP contribution < -0.4 is 10.0 Å². The normalized spacial score (nSPS) is 15.2. The molecule has 0 radical (unpaired) electrons. The summed E-state index contributed by atoms with van der Waals surface area (Å²) in [5, 5.41) is 20.3. The lowest BCUT2D eigenvalue weighted by Crippen LogP contribution is -2.25. The predicted molar refractivity (Wildman–Crippen MR) is 163 cm³/mol. The van der Waals surface area contributed by atoms with Crippen molar-refractivity contribution < 1.29 is 13.2 Å². The molecule has 1 amide bonds. The SMILES string of the molecule is CCC(Sc1nc2c(cc1C#N)CC(c1ccccc1)CC2)C(=O)Nc1ccc(S(=O)(=O)Nc2ccc(Cl)nn2)cc1. The van der Waals surface area contributed by atoms with Crippen molar-refractivity contribution in [2.45, 2.75) is 53.7 Å². The van der Waals surface area contributed by atoms with Gasteiger partial charge in [-0.25, -0.2) is 13.4 Å². The Hall–Kier alpha value is -3.98. The minimum atomic E-state index is -3.92. The lowest BCUT2D eigenvalue weighted by Gasteiger charge is -2.25. The number of hydrogen-bond acceptors (Lipinski definition) is 8. The van der Waals surface area contributed by atoms with Crippen LogP contribution >= 0.6 is 23.4 Å². The Morgan fingerprint density at radius 2 is 1.88 bits per heavy atom. The Labute approximate surface area is 253 Å². The third-order valence-electron chi connectivity index (χ3n) is 6.96. The van der Waals surface area contributed by atoms with Gasteiger partial charge in [0.2, 0.25) is 5.91 Å². The molecule has 2 atom stereocenters. The van der Waals surface area contributed by atoms with Gasteiger partial charge in [-0.05, 0) is 85.2 Å². The van der Waals surface area contributed by atoms with Gasteiger partial charge in [0.1, 0.15) is 11.1 Å². The molecule has 42 heavy (non-hydrogen) atoms. The number of fused-ring (bicyclic) bond motifs is 1. The van der Waals surface area contributed by atoms with Gasteiger partial charge in [-0.3, -0.25) is 9.52 Å². The second-order valence-corrected chi connectivity index (χ2v) is 13.0. The van der Waals surface area contributed by atoms with Gasteiger partial charge in [-0.1, -0.05) is 60.6 Å². The van der Waals surface area contributed by atoms with Crippen molar-refractivity contribution >= 4 is 50.8 Å². The second-order valence-electron chi connectivity index (χ2n) is 9.78. The monoisotopic (exact) mass is 618 g/mol. The van der Waals surface area contributed by atoms with E-state index in [-0.39, 0.29) is 21.8 Å². The minimum absolute atomic E-state index is 0.00918. The maximum Gasteiger partial charge on any atom is 0.263 e. The zero-order chi connectivity index (χ0) is 29.7. The summed E-state index contributed by atoms with van der Waals surface area (Å²) in [6, 6.07) is 23.2. The number of carbonyl (C=O) groups excluding carboxylic acids is 1. The first kappa shape index (κ1) is 29.5. The van der Waals surface area contributed by atoms with Crippen molar-refractivity contribution in [1.29, 1.82) is 5.26 Å². The van der Waals surface area contributed by atoms with Crippen LogP contribution in [0.4, 0.5) is 11.5 Å². The van der Waals surface area contributed by atoms with Crippen molar-refractivity contribution in [3.05, 3.63) is 100 Å². The molecule has 0 saturated heterocycles. The van der Waals surface area contributed by atoms with E-state index in [0.717, 1.165) is 30.5 Å². The summed E-state index contributed by atoms with van der Waals surface area (Å²) in [5.74, 6) is 0.159. The molecule has 214 valence electrons. The molecule has 4 aromatic rings. The fourth-order valence-electron chi connectivity index (χ4n) is 4.79. The summed E-state index contributed by atoms with van der Waals surface area (Å²) in [7, 11) is -3.92. The Morgan fingerprint density at radius 1 is 1.12 bits per heavy atom. The molecule has 1 aliphatic rings. The topological polar surface area (TPSA) is 138 Å². The molecule has 0 saturated carbocycles. The number of halogens is 1. The van der Waals surface area contributed by atoms with Crippen molar-refractivity contribution in [3.8, 4) is 6.07 Å². The number of benzene rings is 2. The zero-order valence-corrected chi connectivity index (χ0v) is 25.0. The summed E-state index contributed by atoms with van der Waals surface area (Å²) in [5.41, 5.74) is 4.26. The number of amides is 1. The Kier molecular flexibility index (Phi) is 9.06.